The van der Waals surface area contributed by atoms with E-state index in [1.807, 2.05) is 32.0 Å². The van der Waals surface area contributed by atoms with Crippen LogP contribution < -0.4 is 15.0 Å². The average molecular weight is 383 g/mol. The predicted octanol–water partition coefficient (Wildman–Crippen LogP) is 3.21. The Hall–Kier alpha value is -3.42. The minimum absolute atomic E-state index is 0.0582. The van der Waals surface area contributed by atoms with Crippen molar-refractivity contribution in [2.24, 2.45) is 5.92 Å². The molecule has 0 unspecified atom stereocenters. The second kappa shape index (κ2) is 7.67. The van der Waals surface area contributed by atoms with Crippen LogP contribution in [0.1, 0.15) is 17.5 Å². The number of ether oxygens (including phenoxy) is 1. The fourth-order valence-corrected chi connectivity index (χ4v) is 3.16. The van der Waals surface area contributed by atoms with Crippen molar-refractivity contribution in [1.29, 1.82) is 0 Å². The number of carbonyl (C=O) groups excluding carboxylic acids is 2. The summed E-state index contributed by atoms with van der Waals surface area (Å²) in [5, 5.41) is 13.9. The quantitative estimate of drug-likeness (QED) is 0.631. The summed E-state index contributed by atoms with van der Waals surface area (Å²) in [4.78, 5) is 37.3. The van der Waals surface area contributed by atoms with Crippen molar-refractivity contribution < 1.29 is 19.2 Å². The number of hydrogen-bond acceptors (Lipinski definition) is 5. The first-order valence-electron chi connectivity index (χ1n) is 8.81. The zero-order chi connectivity index (χ0) is 20.4. The maximum atomic E-state index is 12.6. The van der Waals surface area contributed by atoms with Gasteiger partial charge in [0, 0.05) is 18.7 Å². The Morgan fingerprint density at radius 1 is 1.21 bits per heavy atom. The Bertz CT molecular complexity index is 957. The molecule has 0 aromatic heterocycles. The first-order valence-corrected chi connectivity index (χ1v) is 8.81. The molecule has 1 aliphatic rings. The van der Waals surface area contributed by atoms with E-state index >= 15 is 0 Å². The van der Waals surface area contributed by atoms with E-state index in [2.05, 4.69) is 5.32 Å². The Kier molecular flexibility index (Phi) is 5.30. The number of nitrogens with zero attached hydrogens (tertiary/aromatic N) is 2. The minimum atomic E-state index is -0.587. The number of amides is 2. The fourth-order valence-electron chi connectivity index (χ4n) is 3.16. The van der Waals surface area contributed by atoms with E-state index < -0.39 is 16.7 Å². The number of carbonyl (C=O) groups is 2. The highest BCUT2D eigenvalue weighted by atomic mass is 16.6. The Balaban J connectivity index is 1.76. The summed E-state index contributed by atoms with van der Waals surface area (Å²) in [6, 6.07) is 9.91. The molecule has 2 aromatic rings. The van der Waals surface area contributed by atoms with Crippen LogP contribution in [0.3, 0.4) is 0 Å². The van der Waals surface area contributed by atoms with Gasteiger partial charge in [-0.3, -0.25) is 19.7 Å². The van der Waals surface area contributed by atoms with Gasteiger partial charge in [0.05, 0.1) is 24.0 Å². The highest BCUT2D eigenvalue weighted by molar-refractivity contribution is 6.04. The molecule has 146 valence electrons. The molecule has 0 aliphatic carbocycles. The van der Waals surface area contributed by atoms with Gasteiger partial charge in [-0.2, -0.15) is 0 Å². The second-order valence-corrected chi connectivity index (χ2v) is 6.80. The third kappa shape index (κ3) is 3.80. The summed E-state index contributed by atoms with van der Waals surface area (Å²) in [6.45, 7) is 4.19. The van der Waals surface area contributed by atoms with Gasteiger partial charge in [0.25, 0.3) is 5.69 Å². The number of nitrogens with one attached hydrogen (secondary N) is 1. The highest BCUT2D eigenvalue weighted by Crippen LogP contribution is 2.31. The number of benzene rings is 2. The van der Waals surface area contributed by atoms with Crippen molar-refractivity contribution in [2.75, 3.05) is 23.9 Å². The largest absolute Gasteiger partial charge is 0.496 e. The first-order chi connectivity index (χ1) is 13.3. The number of nitro benzene ring substituents is 1. The van der Waals surface area contributed by atoms with Gasteiger partial charge in [-0.05, 0) is 49.2 Å². The lowest BCUT2D eigenvalue weighted by molar-refractivity contribution is -0.384. The van der Waals surface area contributed by atoms with Gasteiger partial charge in [-0.1, -0.05) is 6.07 Å². The molecule has 0 bridgehead atoms. The van der Waals surface area contributed by atoms with Gasteiger partial charge in [-0.25, -0.2) is 0 Å². The molecule has 28 heavy (non-hydrogen) atoms. The zero-order valence-corrected chi connectivity index (χ0v) is 15.9. The minimum Gasteiger partial charge on any atom is -0.496 e. The van der Waals surface area contributed by atoms with Crippen LogP contribution in [0.2, 0.25) is 0 Å². The number of methoxy groups -OCH3 is 1. The zero-order valence-electron chi connectivity index (χ0n) is 15.9. The standard InChI is InChI=1S/C20H21N3O5/c1-12-4-5-15(8-13(12)2)22-11-14(9-19(22)24)20(25)21-17-7-6-16(28-3)10-18(17)23(26)27/h4-8,10,14H,9,11H2,1-3H3,(H,21,25)/t14-/m1/s1. The summed E-state index contributed by atoms with van der Waals surface area (Å²) < 4.78 is 4.99. The van der Waals surface area contributed by atoms with Gasteiger partial charge in [0.2, 0.25) is 11.8 Å². The van der Waals surface area contributed by atoms with E-state index in [1.54, 1.807) is 4.90 Å². The summed E-state index contributed by atoms with van der Waals surface area (Å²) in [7, 11) is 1.41. The number of hydrogen-bond donors (Lipinski definition) is 1. The molecule has 0 saturated carbocycles. The number of rotatable bonds is 5. The number of nitro groups is 1. The Morgan fingerprint density at radius 3 is 2.61 bits per heavy atom. The lowest BCUT2D eigenvalue weighted by atomic mass is 10.1. The molecule has 1 aliphatic heterocycles. The van der Waals surface area contributed by atoms with Gasteiger partial charge < -0.3 is 15.0 Å². The molecule has 2 aromatic carbocycles. The maximum Gasteiger partial charge on any atom is 0.296 e. The van der Waals surface area contributed by atoms with Gasteiger partial charge in [0.1, 0.15) is 11.4 Å². The summed E-state index contributed by atoms with van der Waals surface area (Å²) in [5.74, 6) is -0.835. The molecule has 0 radical (unpaired) electrons. The molecule has 8 nitrogen and oxygen atoms in total. The van der Waals surface area contributed by atoms with Gasteiger partial charge in [-0.15, -0.1) is 0 Å². The first kappa shape index (κ1) is 19.3. The summed E-state index contributed by atoms with van der Waals surface area (Å²) in [6.07, 6.45) is 0.0582. The molecule has 2 amide bonds. The lowest BCUT2D eigenvalue weighted by Crippen LogP contribution is -2.28. The van der Waals surface area contributed by atoms with Crippen molar-refractivity contribution in [3.8, 4) is 5.75 Å². The molecule has 1 N–H and O–H groups in total. The molecule has 0 spiro atoms. The molecular weight excluding hydrogens is 362 g/mol. The third-order valence-corrected chi connectivity index (χ3v) is 4.96. The highest BCUT2D eigenvalue weighted by Gasteiger charge is 2.36. The van der Waals surface area contributed by atoms with E-state index in [1.165, 1.54) is 25.3 Å². The number of anilines is 2. The molecule has 1 heterocycles. The lowest BCUT2D eigenvalue weighted by Gasteiger charge is -2.18. The van der Waals surface area contributed by atoms with E-state index in [0.29, 0.717) is 5.75 Å². The predicted molar refractivity (Wildman–Crippen MR) is 105 cm³/mol. The third-order valence-electron chi connectivity index (χ3n) is 4.96. The van der Waals surface area contributed by atoms with Crippen molar-refractivity contribution in [3.05, 3.63) is 57.6 Å². The average Bonchev–Trinajstić information content (AvgIpc) is 3.06. The van der Waals surface area contributed by atoms with Crippen molar-refractivity contribution in [3.63, 3.8) is 0 Å². The van der Waals surface area contributed by atoms with Crippen LogP contribution in [-0.2, 0) is 9.59 Å². The number of aryl methyl sites for hydroxylation is 2. The van der Waals surface area contributed by atoms with E-state index in [0.717, 1.165) is 16.8 Å². The summed E-state index contributed by atoms with van der Waals surface area (Å²) >= 11 is 0. The van der Waals surface area contributed by atoms with Crippen LogP contribution in [0.15, 0.2) is 36.4 Å². The van der Waals surface area contributed by atoms with Crippen LogP contribution >= 0.6 is 0 Å². The van der Waals surface area contributed by atoms with E-state index in [4.69, 9.17) is 4.74 Å². The second-order valence-electron chi connectivity index (χ2n) is 6.80. The van der Waals surface area contributed by atoms with E-state index in [9.17, 15) is 19.7 Å². The van der Waals surface area contributed by atoms with Crippen molar-refractivity contribution in [1.82, 2.24) is 0 Å². The molecular formula is C20H21N3O5. The normalized spacial score (nSPS) is 16.2. The molecule has 8 heteroatoms. The molecule has 1 fully saturated rings. The molecule has 1 saturated heterocycles. The monoisotopic (exact) mass is 383 g/mol. The topological polar surface area (TPSA) is 102 Å². The van der Waals surface area contributed by atoms with Crippen molar-refractivity contribution in [2.45, 2.75) is 20.3 Å². The van der Waals surface area contributed by atoms with Crippen LogP contribution in [0.5, 0.6) is 5.75 Å². The molecule has 1 atom stereocenters. The van der Waals surface area contributed by atoms with Crippen LogP contribution in [0.25, 0.3) is 0 Å². The SMILES string of the molecule is COc1ccc(NC(=O)[C@@H]2CC(=O)N(c3ccc(C)c(C)c3)C2)c([N+](=O)[O-])c1. The van der Waals surface area contributed by atoms with Crippen molar-refractivity contribution >= 4 is 28.9 Å². The van der Waals surface area contributed by atoms with Crippen LogP contribution in [0.4, 0.5) is 17.1 Å². The van der Waals surface area contributed by atoms with E-state index in [-0.39, 0.29) is 30.2 Å². The van der Waals surface area contributed by atoms with Gasteiger partial charge >= 0.3 is 0 Å². The Labute approximate surface area is 162 Å². The summed E-state index contributed by atoms with van der Waals surface area (Å²) in [5.41, 5.74) is 2.75. The van der Waals surface area contributed by atoms with Crippen LogP contribution in [-0.4, -0.2) is 30.4 Å². The smallest absolute Gasteiger partial charge is 0.296 e. The van der Waals surface area contributed by atoms with Gasteiger partial charge in [0.15, 0.2) is 0 Å². The fraction of sp³-hybridized carbons (Fsp3) is 0.300. The molecule has 3 rings (SSSR count). The maximum absolute atomic E-state index is 12.6. The van der Waals surface area contributed by atoms with Crippen LogP contribution in [0, 0.1) is 29.9 Å². The Morgan fingerprint density at radius 2 is 1.96 bits per heavy atom.